The van der Waals surface area contributed by atoms with Crippen LogP contribution >= 0.6 is 0 Å². The highest BCUT2D eigenvalue weighted by molar-refractivity contribution is 6.00. The van der Waals surface area contributed by atoms with E-state index in [1.165, 1.54) is 19.3 Å². The smallest absolute Gasteiger partial charge is 0.180 e. The van der Waals surface area contributed by atoms with Crippen LogP contribution in [0.25, 0.3) is 0 Å². The maximum Gasteiger partial charge on any atom is 0.180 e. The Morgan fingerprint density at radius 1 is 1.33 bits per heavy atom. The Kier molecular flexibility index (Phi) is 5.04. The predicted octanol–water partition coefficient (Wildman–Crippen LogP) is 3.70. The van der Waals surface area contributed by atoms with E-state index in [4.69, 9.17) is 4.74 Å². The summed E-state index contributed by atoms with van der Waals surface area (Å²) in [5.41, 5.74) is 2.23. The Morgan fingerprint density at radius 2 is 2.05 bits per heavy atom. The number of Topliss-reactive ketones (excluding diaryl/α,β-unsaturated/α-hetero) is 1. The normalized spacial score (nSPS) is 17.9. The number of ether oxygens (including phenoxy) is 1. The molecule has 2 rings (SSSR count). The van der Waals surface area contributed by atoms with Crippen LogP contribution < -0.4 is 4.74 Å². The molecule has 1 aliphatic heterocycles. The second-order valence-corrected chi connectivity index (χ2v) is 6.29. The highest BCUT2D eigenvalue weighted by Gasteiger charge is 2.35. The van der Waals surface area contributed by atoms with Gasteiger partial charge in [0.05, 0.1) is 19.2 Å². The SMILES string of the molecule is CCC1(CC)CCN(CC(=O)c2ccc(C)cc2OC)C1. The Bertz CT molecular complexity index is 506. The molecule has 0 atom stereocenters. The molecule has 0 saturated carbocycles. The highest BCUT2D eigenvalue weighted by Crippen LogP contribution is 2.37. The molecule has 0 spiro atoms. The molecule has 3 heteroatoms. The Hall–Kier alpha value is -1.35. The van der Waals surface area contributed by atoms with E-state index in [9.17, 15) is 4.79 Å². The summed E-state index contributed by atoms with van der Waals surface area (Å²) in [6, 6.07) is 5.79. The van der Waals surface area contributed by atoms with Crippen molar-refractivity contribution in [2.75, 3.05) is 26.7 Å². The van der Waals surface area contributed by atoms with Crippen molar-refractivity contribution < 1.29 is 9.53 Å². The van der Waals surface area contributed by atoms with Crippen LogP contribution in [0, 0.1) is 12.3 Å². The highest BCUT2D eigenvalue weighted by atomic mass is 16.5. The van der Waals surface area contributed by atoms with Gasteiger partial charge in [-0.1, -0.05) is 19.9 Å². The Morgan fingerprint density at radius 3 is 2.62 bits per heavy atom. The molecule has 1 fully saturated rings. The first-order valence-electron chi connectivity index (χ1n) is 7.94. The van der Waals surface area contributed by atoms with E-state index in [-0.39, 0.29) is 5.78 Å². The number of rotatable bonds is 6. The quantitative estimate of drug-likeness (QED) is 0.748. The maximum atomic E-state index is 12.6. The lowest BCUT2D eigenvalue weighted by Crippen LogP contribution is -2.31. The van der Waals surface area contributed by atoms with Crippen molar-refractivity contribution in [3.8, 4) is 5.75 Å². The average molecular weight is 289 g/mol. The number of aryl methyl sites for hydroxylation is 1. The summed E-state index contributed by atoms with van der Waals surface area (Å²) < 4.78 is 5.36. The minimum absolute atomic E-state index is 0.162. The van der Waals surface area contributed by atoms with Gasteiger partial charge in [-0.2, -0.15) is 0 Å². The van der Waals surface area contributed by atoms with Crippen molar-refractivity contribution in [1.82, 2.24) is 4.90 Å². The molecule has 0 aromatic heterocycles. The zero-order chi connectivity index (χ0) is 15.5. The molecule has 1 aliphatic rings. The number of ketones is 1. The zero-order valence-corrected chi connectivity index (χ0v) is 13.7. The fourth-order valence-corrected chi connectivity index (χ4v) is 3.31. The van der Waals surface area contributed by atoms with Gasteiger partial charge in [-0.15, -0.1) is 0 Å². The molecule has 0 radical (unpaired) electrons. The van der Waals surface area contributed by atoms with Crippen molar-refractivity contribution in [1.29, 1.82) is 0 Å². The monoisotopic (exact) mass is 289 g/mol. The van der Waals surface area contributed by atoms with Gasteiger partial charge in [-0.05, 0) is 55.8 Å². The van der Waals surface area contributed by atoms with Crippen LogP contribution in [0.1, 0.15) is 49.0 Å². The molecule has 1 saturated heterocycles. The maximum absolute atomic E-state index is 12.6. The third-order valence-electron chi connectivity index (χ3n) is 5.04. The van der Waals surface area contributed by atoms with Crippen LogP contribution in [0.4, 0.5) is 0 Å². The summed E-state index contributed by atoms with van der Waals surface area (Å²) in [7, 11) is 1.63. The number of carbonyl (C=O) groups excluding carboxylic acids is 1. The van der Waals surface area contributed by atoms with Crippen molar-refractivity contribution in [3.05, 3.63) is 29.3 Å². The molecule has 0 unspecified atom stereocenters. The Balaban J connectivity index is 2.06. The number of methoxy groups -OCH3 is 1. The van der Waals surface area contributed by atoms with Gasteiger partial charge >= 0.3 is 0 Å². The van der Waals surface area contributed by atoms with E-state index in [0.29, 0.717) is 23.3 Å². The summed E-state index contributed by atoms with van der Waals surface area (Å²) >= 11 is 0. The number of nitrogens with zero attached hydrogens (tertiary/aromatic N) is 1. The van der Waals surface area contributed by atoms with Crippen LogP contribution in [0.3, 0.4) is 0 Å². The number of hydrogen-bond acceptors (Lipinski definition) is 3. The molecule has 0 aliphatic carbocycles. The van der Waals surface area contributed by atoms with Crippen LogP contribution in [-0.4, -0.2) is 37.4 Å². The largest absolute Gasteiger partial charge is 0.496 e. The molecule has 21 heavy (non-hydrogen) atoms. The van der Waals surface area contributed by atoms with Crippen molar-refractivity contribution >= 4 is 5.78 Å². The summed E-state index contributed by atoms with van der Waals surface area (Å²) in [5.74, 6) is 0.853. The van der Waals surface area contributed by atoms with Crippen molar-refractivity contribution in [2.24, 2.45) is 5.41 Å². The summed E-state index contributed by atoms with van der Waals surface area (Å²) in [6.45, 7) is 9.10. The predicted molar refractivity (Wildman–Crippen MR) is 86.1 cm³/mol. The fourth-order valence-electron chi connectivity index (χ4n) is 3.31. The minimum Gasteiger partial charge on any atom is -0.496 e. The van der Waals surface area contributed by atoms with Gasteiger partial charge in [0.2, 0.25) is 0 Å². The fraction of sp³-hybridized carbons (Fsp3) is 0.611. The van der Waals surface area contributed by atoms with Gasteiger partial charge in [0.25, 0.3) is 0 Å². The van der Waals surface area contributed by atoms with E-state index in [1.54, 1.807) is 7.11 Å². The van der Waals surface area contributed by atoms with Crippen molar-refractivity contribution in [3.63, 3.8) is 0 Å². The van der Waals surface area contributed by atoms with Crippen LogP contribution in [0.5, 0.6) is 5.75 Å². The van der Waals surface area contributed by atoms with E-state index in [1.807, 2.05) is 25.1 Å². The molecule has 0 bridgehead atoms. The van der Waals surface area contributed by atoms with E-state index < -0.39 is 0 Å². The van der Waals surface area contributed by atoms with Gasteiger partial charge in [0, 0.05) is 6.54 Å². The van der Waals surface area contributed by atoms with Gasteiger partial charge < -0.3 is 4.74 Å². The van der Waals surface area contributed by atoms with Gasteiger partial charge in [0.15, 0.2) is 5.78 Å². The lowest BCUT2D eigenvalue weighted by molar-refractivity contribution is 0.0933. The first-order chi connectivity index (χ1) is 10.0. The third-order valence-corrected chi connectivity index (χ3v) is 5.04. The van der Waals surface area contributed by atoms with Crippen LogP contribution in [0.2, 0.25) is 0 Å². The second kappa shape index (κ2) is 6.61. The van der Waals surface area contributed by atoms with Crippen LogP contribution in [0.15, 0.2) is 18.2 Å². The third kappa shape index (κ3) is 3.46. The van der Waals surface area contributed by atoms with Gasteiger partial charge in [-0.25, -0.2) is 0 Å². The Labute approximate surface area is 128 Å². The molecule has 1 heterocycles. The van der Waals surface area contributed by atoms with E-state index >= 15 is 0 Å². The van der Waals surface area contributed by atoms with Gasteiger partial charge in [-0.3, -0.25) is 9.69 Å². The molecule has 1 aromatic rings. The summed E-state index contributed by atoms with van der Waals surface area (Å²) in [5, 5.41) is 0. The zero-order valence-electron chi connectivity index (χ0n) is 13.7. The van der Waals surface area contributed by atoms with Crippen molar-refractivity contribution in [2.45, 2.75) is 40.0 Å². The molecule has 116 valence electrons. The minimum atomic E-state index is 0.162. The number of likely N-dealkylation sites (tertiary alicyclic amines) is 1. The molecule has 1 aromatic carbocycles. The molecule has 3 nitrogen and oxygen atoms in total. The molecule has 0 N–H and O–H groups in total. The van der Waals surface area contributed by atoms with Crippen LogP contribution in [-0.2, 0) is 0 Å². The van der Waals surface area contributed by atoms with Gasteiger partial charge in [0.1, 0.15) is 5.75 Å². The standard InChI is InChI=1S/C18H27NO2/c1-5-18(6-2)9-10-19(13-18)12-16(20)15-8-7-14(3)11-17(15)21-4/h7-8,11H,5-6,9-10,12-13H2,1-4H3. The number of hydrogen-bond donors (Lipinski definition) is 0. The average Bonchev–Trinajstić information content (AvgIpc) is 2.90. The van der Waals surface area contributed by atoms with E-state index in [0.717, 1.165) is 18.7 Å². The second-order valence-electron chi connectivity index (χ2n) is 6.29. The molecular formula is C18H27NO2. The summed E-state index contributed by atoms with van der Waals surface area (Å²) in [6.07, 6.45) is 3.60. The number of carbonyl (C=O) groups is 1. The molecule has 0 amide bonds. The first-order valence-corrected chi connectivity index (χ1v) is 7.94. The number of benzene rings is 1. The topological polar surface area (TPSA) is 29.5 Å². The lowest BCUT2D eigenvalue weighted by atomic mass is 9.82. The lowest BCUT2D eigenvalue weighted by Gasteiger charge is -2.26. The molecular weight excluding hydrogens is 262 g/mol. The van der Waals surface area contributed by atoms with E-state index in [2.05, 4.69) is 18.7 Å². The first kappa shape index (κ1) is 16.0. The summed E-state index contributed by atoms with van der Waals surface area (Å²) in [4.78, 5) is 14.9.